The van der Waals surface area contributed by atoms with Crippen molar-refractivity contribution in [1.29, 1.82) is 0 Å². The molecular formula is C23H22F3N3O2. The van der Waals surface area contributed by atoms with Gasteiger partial charge in [0.15, 0.2) is 0 Å². The fourth-order valence-electron chi connectivity index (χ4n) is 3.59. The predicted molar refractivity (Wildman–Crippen MR) is 110 cm³/mol. The topological polar surface area (TPSA) is 59.2 Å². The molecule has 1 amide bonds. The van der Waals surface area contributed by atoms with Crippen LogP contribution in [0.5, 0.6) is 0 Å². The molecule has 1 unspecified atom stereocenters. The molecule has 0 radical (unpaired) electrons. The van der Waals surface area contributed by atoms with Gasteiger partial charge < -0.3 is 9.42 Å². The second kappa shape index (κ2) is 7.51. The summed E-state index contributed by atoms with van der Waals surface area (Å²) in [4.78, 5) is 18.4. The van der Waals surface area contributed by atoms with Crippen molar-refractivity contribution in [1.82, 2.24) is 10.1 Å². The SMILES string of the molecule is CC(C)(C)c1ccc(-c2noc(C3CC(=O)N(c4ccc(C(F)(F)F)cc4)C3)n2)cc1. The van der Waals surface area contributed by atoms with Gasteiger partial charge in [-0.25, -0.2) is 0 Å². The van der Waals surface area contributed by atoms with E-state index in [0.29, 0.717) is 17.4 Å². The first kappa shape index (κ1) is 21.1. The van der Waals surface area contributed by atoms with Gasteiger partial charge in [-0.05, 0) is 35.2 Å². The Hall–Kier alpha value is -3.16. The first-order valence-corrected chi connectivity index (χ1v) is 9.94. The number of benzene rings is 2. The van der Waals surface area contributed by atoms with E-state index in [1.54, 1.807) is 0 Å². The molecule has 0 aliphatic carbocycles. The number of hydrogen-bond donors (Lipinski definition) is 0. The molecule has 1 fully saturated rings. The summed E-state index contributed by atoms with van der Waals surface area (Å²) in [6, 6.07) is 12.5. The van der Waals surface area contributed by atoms with Gasteiger partial charge in [-0.2, -0.15) is 18.2 Å². The van der Waals surface area contributed by atoms with Crippen LogP contribution in [-0.2, 0) is 16.4 Å². The number of nitrogens with zero attached hydrogens (tertiary/aromatic N) is 3. The molecule has 5 nitrogen and oxygen atoms in total. The monoisotopic (exact) mass is 429 g/mol. The quantitative estimate of drug-likeness (QED) is 0.546. The lowest BCUT2D eigenvalue weighted by atomic mass is 9.87. The third-order valence-corrected chi connectivity index (χ3v) is 5.43. The van der Waals surface area contributed by atoms with Crippen molar-refractivity contribution in [3.63, 3.8) is 0 Å². The fourth-order valence-corrected chi connectivity index (χ4v) is 3.59. The number of anilines is 1. The first-order valence-electron chi connectivity index (χ1n) is 9.94. The number of aromatic nitrogens is 2. The van der Waals surface area contributed by atoms with Crippen LogP contribution in [0.25, 0.3) is 11.4 Å². The summed E-state index contributed by atoms with van der Waals surface area (Å²) >= 11 is 0. The maximum atomic E-state index is 12.8. The van der Waals surface area contributed by atoms with E-state index in [0.717, 1.165) is 17.7 Å². The maximum absolute atomic E-state index is 12.8. The molecule has 31 heavy (non-hydrogen) atoms. The average Bonchev–Trinajstić information content (AvgIpc) is 3.34. The van der Waals surface area contributed by atoms with Crippen LogP contribution in [-0.4, -0.2) is 22.6 Å². The Morgan fingerprint density at radius 3 is 2.16 bits per heavy atom. The lowest BCUT2D eigenvalue weighted by Crippen LogP contribution is -2.24. The minimum Gasteiger partial charge on any atom is -0.339 e. The standard InChI is InChI=1S/C23H22F3N3O2/c1-22(2,3)16-6-4-14(5-7-16)20-27-21(31-28-20)15-12-19(30)29(13-15)18-10-8-17(9-11-18)23(24,25)26/h4-11,15H,12-13H2,1-3H3. The maximum Gasteiger partial charge on any atom is 0.416 e. The highest BCUT2D eigenvalue weighted by Gasteiger charge is 2.36. The van der Waals surface area contributed by atoms with Crippen LogP contribution in [0.1, 0.15) is 50.1 Å². The van der Waals surface area contributed by atoms with E-state index in [2.05, 4.69) is 30.9 Å². The lowest BCUT2D eigenvalue weighted by Gasteiger charge is -2.18. The van der Waals surface area contributed by atoms with Gasteiger partial charge in [-0.3, -0.25) is 4.79 Å². The summed E-state index contributed by atoms with van der Waals surface area (Å²) < 4.78 is 43.7. The molecule has 0 spiro atoms. The van der Waals surface area contributed by atoms with Crippen molar-refractivity contribution in [2.45, 2.75) is 44.7 Å². The number of alkyl halides is 3. The third kappa shape index (κ3) is 4.33. The van der Waals surface area contributed by atoms with E-state index in [4.69, 9.17) is 4.52 Å². The Morgan fingerprint density at radius 1 is 0.968 bits per heavy atom. The van der Waals surface area contributed by atoms with Gasteiger partial charge in [0.2, 0.25) is 17.6 Å². The average molecular weight is 429 g/mol. The molecule has 1 aliphatic rings. The normalized spacial score (nSPS) is 17.4. The predicted octanol–water partition coefficient (Wildman–Crippen LogP) is 5.57. The van der Waals surface area contributed by atoms with Gasteiger partial charge in [-0.1, -0.05) is 50.2 Å². The summed E-state index contributed by atoms with van der Waals surface area (Å²) in [6.45, 7) is 6.67. The summed E-state index contributed by atoms with van der Waals surface area (Å²) in [7, 11) is 0. The van der Waals surface area contributed by atoms with Crippen molar-refractivity contribution in [2.75, 3.05) is 11.4 Å². The van der Waals surface area contributed by atoms with Crippen molar-refractivity contribution >= 4 is 11.6 Å². The number of hydrogen-bond acceptors (Lipinski definition) is 4. The van der Waals surface area contributed by atoms with Crippen LogP contribution < -0.4 is 4.90 Å². The molecule has 1 atom stereocenters. The molecule has 1 aromatic heterocycles. The van der Waals surface area contributed by atoms with Crippen LogP contribution in [0.2, 0.25) is 0 Å². The molecule has 1 saturated heterocycles. The van der Waals surface area contributed by atoms with Crippen molar-refractivity contribution in [2.24, 2.45) is 0 Å². The second-order valence-electron chi connectivity index (χ2n) is 8.73. The number of carbonyl (C=O) groups is 1. The van der Waals surface area contributed by atoms with Crippen molar-refractivity contribution in [3.05, 3.63) is 65.5 Å². The zero-order valence-corrected chi connectivity index (χ0v) is 17.4. The molecule has 0 bridgehead atoms. The Balaban J connectivity index is 1.49. The van der Waals surface area contributed by atoms with E-state index in [1.807, 2.05) is 24.3 Å². The summed E-state index contributed by atoms with van der Waals surface area (Å²) in [5.74, 6) is 0.275. The molecule has 3 aromatic rings. The molecule has 2 aromatic carbocycles. The molecule has 2 heterocycles. The summed E-state index contributed by atoms with van der Waals surface area (Å²) in [5.41, 5.74) is 1.70. The van der Waals surface area contributed by atoms with Gasteiger partial charge in [0.05, 0.1) is 11.5 Å². The Bertz CT molecular complexity index is 1080. The van der Waals surface area contributed by atoms with E-state index in [-0.39, 0.29) is 30.2 Å². The number of amides is 1. The van der Waals surface area contributed by atoms with Gasteiger partial charge in [-0.15, -0.1) is 0 Å². The van der Waals surface area contributed by atoms with Crippen LogP contribution in [0.3, 0.4) is 0 Å². The Morgan fingerprint density at radius 2 is 1.58 bits per heavy atom. The van der Waals surface area contributed by atoms with Gasteiger partial charge in [0, 0.05) is 24.2 Å². The molecule has 4 rings (SSSR count). The van der Waals surface area contributed by atoms with Gasteiger partial charge >= 0.3 is 6.18 Å². The van der Waals surface area contributed by atoms with Gasteiger partial charge in [0.25, 0.3) is 0 Å². The number of rotatable bonds is 3. The number of carbonyl (C=O) groups excluding carboxylic acids is 1. The zero-order valence-electron chi connectivity index (χ0n) is 17.4. The van der Waals surface area contributed by atoms with E-state index < -0.39 is 11.7 Å². The fraction of sp³-hybridized carbons (Fsp3) is 0.348. The largest absolute Gasteiger partial charge is 0.416 e. The molecule has 162 valence electrons. The molecule has 0 saturated carbocycles. The second-order valence-corrected chi connectivity index (χ2v) is 8.73. The van der Waals surface area contributed by atoms with Crippen LogP contribution in [0.4, 0.5) is 18.9 Å². The van der Waals surface area contributed by atoms with Crippen LogP contribution in [0, 0.1) is 0 Å². The highest BCUT2D eigenvalue weighted by molar-refractivity contribution is 5.96. The van der Waals surface area contributed by atoms with Crippen LogP contribution in [0.15, 0.2) is 53.1 Å². The zero-order chi connectivity index (χ0) is 22.4. The van der Waals surface area contributed by atoms with E-state index in [9.17, 15) is 18.0 Å². The van der Waals surface area contributed by atoms with Gasteiger partial charge in [0.1, 0.15) is 0 Å². The van der Waals surface area contributed by atoms with E-state index >= 15 is 0 Å². The third-order valence-electron chi connectivity index (χ3n) is 5.43. The smallest absolute Gasteiger partial charge is 0.339 e. The van der Waals surface area contributed by atoms with Crippen LogP contribution >= 0.6 is 0 Å². The summed E-state index contributed by atoms with van der Waals surface area (Å²) in [6.07, 6.45) is -4.26. The summed E-state index contributed by atoms with van der Waals surface area (Å²) in [5, 5.41) is 4.04. The minimum absolute atomic E-state index is 0.0346. The highest BCUT2D eigenvalue weighted by atomic mass is 19.4. The minimum atomic E-state index is -4.42. The lowest BCUT2D eigenvalue weighted by molar-refractivity contribution is -0.137. The van der Waals surface area contributed by atoms with Crippen molar-refractivity contribution < 1.29 is 22.5 Å². The van der Waals surface area contributed by atoms with Crippen molar-refractivity contribution in [3.8, 4) is 11.4 Å². The number of halogens is 3. The molecule has 0 N–H and O–H groups in total. The highest BCUT2D eigenvalue weighted by Crippen LogP contribution is 2.35. The van der Waals surface area contributed by atoms with E-state index in [1.165, 1.54) is 22.6 Å². The first-order chi connectivity index (χ1) is 14.5. The molecule has 8 heteroatoms. The molecule has 1 aliphatic heterocycles. The Kier molecular flexibility index (Phi) is 5.11. The molecular weight excluding hydrogens is 407 g/mol. The Labute approximate surface area is 177 Å².